The van der Waals surface area contributed by atoms with Crippen LogP contribution in [0, 0.1) is 11.3 Å². The third kappa shape index (κ3) is 6.42. The third-order valence-electron chi connectivity index (χ3n) is 7.32. The quantitative estimate of drug-likeness (QED) is 0.219. The number of benzene rings is 1. The summed E-state index contributed by atoms with van der Waals surface area (Å²) in [7, 11) is 3.47. The van der Waals surface area contributed by atoms with Crippen molar-refractivity contribution < 1.29 is 27.5 Å². The third-order valence-corrected chi connectivity index (χ3v) is 7.32. The van der Waals surface area contributed by atoms with Crippen LogP contribution in [0.3, 0.4) is 0 Å². The van der Waals surface area contributed by atoms with Gasteiger partial charge in [0.2, 0.25) is 0 Å². The highest BCUT2D eigenvalue weighted by Gasteiger charge is 2.40. The van der Waals surface area contributed by atoms with E-state index in [0.717, 1.165) is 11.0 Å². The van der Waals surface area contributed by atoms with Crippen LogP contribution in [0.15, 0.2) is 42.9 Å². The first-order valence-corrected chi connectivity index (χ1v) is 14.5. The minimum atomic E-state index is -4.67. The predicted molar refractivity (Wildman–Crippen MR) is 161 cm³/mol. The fourth-order valence-corrected chi connectivity index (χ4v) is 5.26. The van der Waals surface area contributed by atoms with Gasteiger partial charge in [0, 0.05) is 38.2 Å². The summed E-state index contributed by atoms with van der Waals surface area (Å²) < 4.78 is 50.8. The summed E-state index contributed by atoms with van der Waals surface area (Å²) in [6, 6.07) is 8.78. The Hall–Kier alpha value is -5.26. The molecule has 0 fully saturated rings. The first kappa shape index (κ1) is 32.1. The van der Waals surface area contributed by atoms with Crippen molar-refractivity contribution in [2.24, 2.45) is 14.1 Å². The van der Waals surface area contributed by atoms with Crippen LogP contribution in [0.2, 0.25) is 0 Å². The number of carbonyl (C=O) groups excluding carboxylic acids is 2. The molecule has 0 spiro atoms. The van der Waals surface area contributed by atoms with Gasteiger partial charge in [0.1, 0.15) is 23.6 Å². The molecule has 240 valence electrons. The number of hydrogen-bond donors (Lipinski definition) is 0. The SMILES string of the molecule is Cn1cnnc1-c1cnn(C)c1-c1cc(N(CCCCC#N)C(=O)OC(C)(C)C)nc(N2Cc3c(cccc3C(F)(F)F)C2=O)c1. The van der Waals surface area contributed by atoms with Crippen molar-refractivity contribution in [1.29, 1.82) is 5.26 Å². The van der Waals surface area contributed by atoms with E-state index in [-0.39, 0.29) is 42.3 Å². The smallest absolute Gasteiger partial charge is 0.416 e. The van der Waals surface area contributed by atoms with E-state index in [1.165, 1.54) is 23.4 Å². The second kappa shape index (κ2) is 12.3. The van der Waals surface area contributed by atoms with E-state index in [1.807, 2.05) is 0 Å². The van der Waals surface area contributed by atoms with Crippen LogP contribution in [0.5, 0.6) is 0 Å². The molecule has 0 N–H and O–H groups in total. The minimum Gasteiger partial charge on any atom is -0.443 e. The second-order valence-electron chi connectivity index (χ2n) is 11.8. The summed E-state index contributed by atoms with van der Waals surface area (Å²) in [5, 5.41) is 21.6. The molecular formula is C31H32F3N9O3. The number of nitrogens with zero attached hydrogens (tertiary/aromatic N) is 9. The maximum Gasteiger partial charge on any atom is 0.416 e. The van der Waals surface area contributed by atoms with Crippen LogP contribution in [0.4, 0.5) is 29.6 Å². The Morgan fingerprint density at radius 1 is 1.13 bits per heavy atom. The zero-order valence-electron chi connectivity index (χ0n) is 26.0. The highest BCUT2D eigenvalue weighted by atomic mass is 19.4. The van der Waals surface area contributed by atoms with Gasteiger partial charge in [-0.1, -0.05) is 6.07 Å². The van der Waals surface area contributed by atoms with E-state index < -0.39 is 29.3 Å². The van der Waals surface area contributed by atoms with Crippen molar-refractivity contribution in [1.82, 2.24) is 29.5 Å². The number of anilines is 2. The summed E-state index contributed by atoms with van der Waals surface area (Å²) in [5.41, 5.74) is -0.416. The number of alkyl halides is 3. The van der Waals surface area contributed by atoms with Crippen molar-refractivity contribution in [2.75, 3.05) is 16.3 Å². The average Bonchev–Trinajstić information content (AvgIpc) is 3.67. The standard InChI is InChI=1S/C31H32F3N9O3/c1-30(2,3)46-29(45)42(13-8-6-7-12-35)24-14-19(26-21(16-37-41(26)5)27-39-36-18-40(27)4)15-25(38-24)43-17-22-20(28(43)44)10-9-11-23(22)31(32,33)34/h9-11,14-16,18H,6-8,13,17H2,1-5H3. The highest BCUT2D eigenvalue weighted by Crippen LogP contribution is 2.40. The molecule has 0 saturated carbocycles. The predicted octanol–water partition coefficient (Wildman–Crippen LogP) is 5.89. The van der Waals surface area contributed by atoms with Gasteiger partial charge in [-0.3, -0.25) is 19.3 Å². The summed E-state index contributed by atoms with van der Waals surface area (Å²) in [6.45, 7) is 4.90. The van der Waals surface area contributed by atoms with Crippen molar-refractivity contribution in [3.05, 3.63) is 59.5 Å². The van der Waals surface area contributed by atoms with Crippen LogP contribution in [-0.2, 0) is 31.6 Å². The number of aromatic nitrogens is 6. The maximum absolute atomic E-state index is 13.9. The molecule has 1 aliphatic rings. The normalized spacial score (nSPS) is 13.1. The Morgan fingerprint density at radius 2 is 1.89 bits per heavy atom. The molecule has 1 aliphatic heterocycles. The lowest BCUT2D eigenvalue weighted by Gasteiger charge is -2.28. The van der Waals surface area contributed by atoms with E-state index >= 15 is 0 Å². The number of carbonyl (C=O) groups is 2. The van der Waals surface area contributed by atoms with E-state index in [1.54, 1.807) is 62.4 Å². The van der Waals surface area contributed by atoms with E-state index in [2.05, 4.69) is 26.3 Å². The fraction of sp³-hybridized carbons (Fsp3) is 0.387. The van der Waals surface area contributed by atoms with Gasteiger partial charge >= 0.3 is 12.3 Å². The molecule has 0 saturated heterocycles. The summed E-state index contributed by atoms with van der Waals surface area (Å²) in [5.74, 6) is -0.0443. The summed E-state index contributed by atoms with van der Waals surface area (Å²) >= 11 is 0. The molecule has 5 rings (SSSR count). The Kier molecular flexibility index (Phi) is 8.57. The molecule has 0 unspecified atom stereocenters. The first-order chi connectivity index (χ1) is 21.7. The van der Waals surface area contributed by atoms with Gasteiger partial charge in [-0.15, -0.1) is 10.2 Å². The molecule has 2 amide bonds. The number of nitriles is 1. The molecule has 1 aromatic carbocycles. The fourth-order valence-electron chi connectivity index (χ4n) is 5.26. The maximum atomic E-state index is 13.9. The van der Waals surface area contributed by atoms with Crippen LogP contribution in [-0.4, -0.2) is 53.7 Å². The summed E-state index contributed by atoms with van der Waals surface area (Å²) in [4.78, 5) is 34.3. The second-order valence-corrected chi connectivity index (χ2v) is 11.8. The molecule has 0 aliphatic carbocycles. The van der Waals surface area contributed by atoms with Crippen LogP contribution < -0.4 is 9.80 Å². The number of pyridine rings is 1. The number of amides is 2. The monoisotopic (exact) mass is 635 g/mol. The van der Waals surface area contributed by atoms with Crippen molar-refractivity contribution in [3.63, 3.8) is 0 Å². The largest absolute Gasteiger partial charge is 0.443 e. The molecule has 46 heavy (non-hydrogen) atoms. The molecule has 15 heteroatoms. The Morgan fingerprint density at radius 3 is 2.54 bits per heavy atom. The lowest BCUT2D eigenvalue weighted by Crippen LogP contribution is -2.38. The molecule has 12 nitrogen and oxygen atoms in total. The zero-order chi connectivity index (χ0) is 33.4. The van der Waals surface area contributed by atoms with E-state index in [4.69, 9.17) is 10.00 Å². The molecule has 0 bridgehead atoms. The average molecular weight is 636 g/mol. The van der Waals surface area contributed by atoms with Gasteiger partial charge in [0.15, 0.2) is 5.82 Å². The Labute approximate surface area is 263 Å². The van der Waals surface area contributed by atoms with Crippen LogP contribution in [0.1, 0.15) is 61.5 Å². The van der Waals surface area contributed by atoms with Crippen LogP contribution >= 0.6 is 0 Å². The minimum absolute atomic E-state index is 0.0255. The molecular weight excluding hydrogens is 603 g/mol. The molecule has 4 heterocycles. The first-order valence-electron chi connectivity index (χ1n) is 14.5. The van der Waals surface area contributed by atoms with Gasteiger partial charge < -0.3 is 9.30 Å². The number of aryl methyl sites for hydroxylation is 2. The Bertz CT molecular complexity index is 1830. The topological polar surface area (TPSA) is 135 Å². The molecule has 0 radical (unpaired) electrons. The number of ether oxygens (including phenoxy) is 1. The van der Waals surface area contributed by atoms with E-state index in [0.29, 0.717) is 35.5 Å². The van der Waals surface area contributed by atoms with Crippen LogP contribution in [0.25, 0.3) is 22.6 Å². The number of hydrogen-bond acceptors (Lipinski definition) is 8. The lowest BCUT2D eigenvalue weighted by molar-refractivity contribution is -0.138. The van der Waals surface area contributed by atoms with Crippen molar-refractivity contribution in [3.8, 4) is 28.7 Å². The van der Waals surface area contributed by atoms with E-state index in [9.17, 15) is 22.8 Å². The van der Waals surface area contributed by atoms with Gasteiger partial charge in [-0.25, -0.2) is 9.78 Å². The number of fused-ring (bicyclic) bond motifs is 1. The number of halogens is 3. The zero-order valence-corrected chi connectivity index (χ0v) is 26.0. The number of rotatable bonds is 8. The van der Waals surface area contributed by atoms with Crippen molar-refractivity contribution in [2.45, 2.75) is 58.4 Å². The summed E-state index contributed by atoms with van der Waals surface area (Å²) in [6.07, 6.45) is -1.04. The highest BCUT2D eigenvalue weighted by molar-refractivity contribution is 6.10. The van der Waals surface area contributed by atoms with Gasteiger partial charge in [0.25, 0.3) is 5.91 Å². The lowest BCUT2D eigenvalue weighted by atomic mass is 10.0. The van der Waals surface area contributed by atoms with Gasteiger partial charge in [-0.05, 0) is 63.4 Å². The van der Waals surface area contributed by atoms with Gasteiger partial charge in [-0.2, -0.15) is 23.5 Å². The van der Waals surface area contributed by atoms with Crippen molar-refractivity contribution >= 4 is 23.6 Å². The Balaban J connectivity index is 1.69. The molecule has 3 aromatic heterocycles. The molecule has 4 aromatic rings. The number of unbranched alkanes of at least 4 members (excludes halogenated alkanes) is 2. The molecule has 0 atom stereocenters. The van der Waals surface area contributed by atoms with Gasteiger partial charge in [0.05, 0.1) is 35.6 Å².